The molecule has 1 aromatic carbocycles. The van der Waals surface area contributed by atoms with Gasteiger partial charge in [-0.1, -0.05) is 18.2 Å². The van der Waals surface area contributed by atoms with Gasteiger partial charge in [0.25, 0.3) is 0 Å². The summed E-state index contributed by atoms with van der Waals surface area (Å²) in [6.07, 6.45) is 2.56. The number of carboxylic acid groups (broad SMARTS) is 1. The van der Waals surface area contributed by atoms with Crippen LogP contribution in [0, 0.1) is 11.8 Å². The van der Waals surface area contributed by atoms with Gasteiger partial charge in [-0.15, -0.1) is 0 Å². The number of fused-ring (bicyclic) bond motifs is 1. The highest BCUT2D eigenvalue weighted by Gasteiger charge is 2.42. The van der Waals surface area contributed by atoms with Crippen LogP contribution in [0.2, 0.25) is 0 Å². The van der Waals surface area contributed by atoms with Crippen LogP contribution in [0.4, 0.5) is 0 Å². The molecular weight excluding hydrogens is 230 g/mol. The first-order chi connectivity index (χ1) is 8.75. The van der Waals surface area contributed by atoms with Gasteiger partial charge >= 0.3 is 5.97 Å². The summed E-state index contributed by atoms with van der Waals surface area (Å²) in [5.74, 6) is -0.519. The zero-order valence-electron chi connectivity index (χ0n) is 9.93. The first-order valence-electron chi connectivity index (χ1n) is 6.14. The van der Waals surface area contributed by atoms with Gasteiger partial charge in [-0.05, 0) is 24.9 Å². The van der Waals surface area contributed by atoms with E-state index in [0.717, 1.165) is 36.0 Å². The number of hydrogen-bond donors (Lipinski definition) is 2. The third-order valence-electron chi connectivity index (χ3n) is 3.52. The van der Waals surface area contributed by atoms with Gasteiger partial charge in [0.05, 0.1) is 12.2 Å². The number of benzene rings is 1. The number of rotatable bonds is 5. The maximum absolute atomic E-state index is 10.7. The van der Waals surface area contributed by atoms with Crippen LogP contribution in [0.1, 0.15) is 12.0 Å². The molecule has 3 rings (SSSR count). The van der Waals surface area contributed by atoms with E-state index >= 15 is 0 Å². The highest BCUT2D eigenvalue weighted by molar-refractivity contribution is 5.80. The van der Waals surface area contributed by atoms with E-state index in [4.69, 9.17) is 9.52 Å². The average molecular weight is 245 g/mol. The number of carbonyl (C=O) groups is 1. The predicted octanol–water partition coefficient (Wildman–Crippen LogP) is 2.24. The van der Waals surface area contributed by atoms with Crippen LogP contribution in [0.15, 0.2) is 34.9 Å². The van der Waals surface area contributed by atoms with Gasteiger partial charge in [0.15, 0.2) is 0 Å². The Kier molecular flexibility index (Phi) is 2.80. The smallest absolute Gasteiger partial charge is 0.306 e. The molecule has 1 heterocycles. The number of hydrogen-bond acceptors (Lipinski definition) is 3. The molecule has 0 saturated heterocycles. The number of aliphatic carboxylic acids is 1. The van der Waals surface area contributed by atoms with Crippen LogP contribution < -0.4 is 5.32 Å². The highest BCUT2D eigenvalue weighted by Crippen LogP contribution is 2.37. The zero-order chi connectivity index (χ0) is 12.5. The van der Waals surface area contributed by atoms with Crippen molar-refractivity contribution >= 4 is 16.9 Å². The number of furan rings is 1. The molecule has 1 aliphatic carbocycles. The molecule has 1 saturated carbocycles. The molecule has 2 N–H and O–H groups in total. The Morgan fingerprint density at radius 1 is 1.44 bits per heavy atom. The van der Waals surface area contributed by atoms with Crippen LogP contribution in [0.25, 0.3) is 11.0 Å². The average Bonchev–Trinajstić information content (AvgIpc) is 3.03. The van der Waals surface area contributed by atoms with E-state index in [1.807, 2.05) is 24.3 Å². The Bertz CT molecular complexity index is 575. The van der Waals surface area contributed by atoms with Gasteiger partial charge in [-0.25, -0.2) is 0 Å². The molecule has 1 fully saturated rings. The monoisotopic (exact) mass is 245 g/mol. The second kappa shape index (κ2) is 4.46. The summed E-state index contributed by atoms with van der Waals surface area (Å²) in [5.41, 5.74) is 2.02. The molecular formula is C14H15NO3. The minimum absolute atomic E-state index is 0.140. The summed E-state index contributed by atoms with van der Waals surface area (Å²) in [6.45, 7) is 1.48. The second-order valence-corrected chi connectivity index (χ2v) is 4.83. The fraction of sp³-hybridized carbons (Fsp3) is 0.357. The summed E-state index contributed by atoms with van der Waals surface area (Å²) < 4.78 is 5.45. The van der Waals surface area contributed by atoms with Crippen molar-refractivity contribution in [1.29, 1.82) is 0 Å². The van der Waals surface area contributed by atoms with Gasteiger partial charge in [0.2, 0.25) is 0 Å². The molecule has 0 aliphatic heterocycles. The maximum atomic E-state index is 10.7. The first kappa shape index (κ1) is 11.3. The highest BCUT2D eigenvalue weighted by atomic mass is 16.4. The molecule has 1 aromatic heterocycles. The van der Waals surface area contributed by atoms with Crippen molar-refractivity contribution in [2.75, 3.05) is 6.54 Å². The summed E-state index contributed by atoms with van der Waals surface area (Å²) in [5, 5.41) is 13.2. The lowest BCUT2D eigenvalue weighted by molar-refractivity contribution is -0.138. The number of para-hydroxylation sites is 1. The lowest BCUT2D eigenvalue weighted by atomic mass is 10.2. The standard InChI is InChI=1S/C14H15NO3/c16-14(17)12-5-9(12)6-15-7-10-8-18-13-4-2-1-3-11(10)13/h1-4,8-9,12,15H,5-7H2,(H,16,17). The van der Waals surface area contributed by atoms with Crippen molar-refractivity contribution < 1.29 is 14.3 Å². The molecule has 1 aliphatic rings. The summed E-state index contributed by atoms with van der Waals surface area (Å²) in [6, 6.07) is 7.92. The van der Waals surface area contributed by atoms with Gasteiger partial charge in [-0.2, -0.15) is 0 Å². The Hall–Kier alpha value is -1.81. The molecule has 0 spiro atoms. The topological polar surface area (TPSA) is 62.5 Å². The van der Waals surface area contributed by atoms with Gasteiger partial charge < -0.3 is 14.8 Å². The number of nitrogens with one attached hydrogen (secondary N) is 1. The van der Waals surface area contributed by atoms with Crippen molar-refractivity contribution in [3.63, 3.8) is 0 Å². The van der Waals surface area contributed by atoms with E-state index < -0.39 is 5.97 Å². The third-order valence-corrected chi connectivity index (χ3v) is 3.52. The minimum Gasteiger partial charge on any atom is -0.481 e. The van der Waals surface area contributed by atoms with Gasteiger partial charge in [-0.3, -0.25) is 4.79 Å². The summed E-state index contributed by atoms with van der Waals surface area (Å²) in [7, 11) is 0. The lowest BCUT2D eigenvalue weighted by Crippen LogP contribution is -2.17. The van der Waals surface area contributed by atoms with Crippen molar-refractivity contribution in [3.8, 4) is 0 Å². The Balaban J connectivity index is 1.56. The molecule has 0 bridgehead atoms. The van der Waals surface area contributed by atoms with Crippen molar-refractivity contribution in [2.24, 2.45) is 11.8 Å². The molecule has 0 radical (unpaired) electrons. The summed E-state index contributed by atoms with van der Waals surface area (Å²) >= 11 is 0. The third kappa shape index (κ3) is 2.11. The van der Waals surface area contributed by atoms with E-state index in [1.165, 1.54) is 0 Å². The fourth-order valence-electron chi connectivity index (χ4n) is 2.34. The van der Waals surface area contributed by atoms with Crippen LogP contribution in [0.3, 0.4) is 0 Å². The van der Waals surface area contributed by atoms with Crippen LogP contribution in [-0.4, -0.2) is 17.6 Å². The quantitative estimate of drug-likeness (QED) is 0.848. The molecule has 2 unspecified atom stereocenters. The Morgan fingerprint density at radius 3 is 3.06 bits per heavy atom. The predicted molar refractivity (Wildman–Crippen MR) is 67.2 cm³/mol. The van der Waals surface area contributed by atoms with E-state index in [2.05, 4.69) is 5.32 Å². The molecule has 2 atom stereocenters. The van der Waals surface area contributed by atoms with Crippen molar-refractivity contribution in [2.45, 2.75) is 13.0 Å². The number of carboxylic acids is 1. The zero-order valence-corrected chi connectivity index (χ0v) is 9.93. The fourth-order valence-corrected chi connectivity index (χ4v) is 2.34. The van der Waals surface area contributed by atoms with E-state index in [9.17, 15) is 4.79 Å². The van der Waals surface area contributed by atoms with Crippen LogP contribution >= 0.6 is 0 Å². The molecule has 4 nitrogen and oxygen atoms in total. The second-order valence-electron chi connectivity index (χ2n) is 4.83. The van der Waals surface area contributed by atoms with Gasteiger partial charge in [0.1, 0.15) is 5.58 Å². The van der Waals surface area contributed by atoms with Crippen LogP contribution in [0.5, 0.6) is 0 Å². The molecule has 2 aromatic rings. The minimum atomic E-state index is -0.671. The van der Waals surface area contributed by atoms with E-state index in [1.54, 1.807) is 6.26 Å². The van der Waals surface area contributed by atoms with Crippen LogP contribution in [-0.2, 0) is 11.3 Å². The normalized spacial score (nSPS) is 22.2. The maximum Gasteiger partial charge on any atom is 0.306 e. The van der Waals surface area contributed by atoms with Crippen molar-refractivity contribution in [3.05, 3.63) is 36.1 Å². The molecule has 4 heteroatoms. The van der Waals surface area contributed by atoms with Crippen molar-refractivity contribution in [1.82, 2.24) is 5.32 Å². The summed E-state index contributed by atoms with van der Waals surface area (Å²) in [4.78, 5) is 10.7. The van der Waals surface area contributed by atoms with E-state index in [-0.39, 0.29) is 5.92 Å². The molecule has 18 heavy (non-hydrogen) atoms. The Morgan fingerprint density at radius 2 is 2.28 bits per heavy atom. The molecule has 94 valence electrons. The first-order valence-corrected chi connectivity index (χ1v) is 6.14. The Labute approximate surface area is 105 Å². The van der Waals surface area contributed by atoms with Gasteiger partial charge in [0, 0.05) is 17.5 Å². The lowest BCUT2D eigenvalue weighted by Gasteiger charge is -2.01. The largest absolute Gasteiger partial charge is 0.481 e. The van der Waals surface area contributed by atoms with E-state index in [0.29, 0.717) is 5.92 Å². The molecule has 0 amide bonds. The SMILES string of the molecule is O=C(O)C1CC1CNCc1coc2ccccc12.